The first kappa shape index (κ1) is 19.7. The van der Waals surface area contributed by atoms with E-state index in [1.54, 1.807) is 20.8 Å². The van der Waals surface area contributed by atoms with Gasteiger partial charge in [0.15, 0.2) is 0 Å². The quantitative estimate of drug-likeness (QED) is 0.236. The standard InChI is InChI=1S/C12H23N3O7/c1-9(20-11(18)21-12(2,3)4)22-13-15(19)14(5)8-6-7-10(16)17/h9H,6-8H2,1-5H3,(H,16,17)/b15-13-. The van der Waals surface area contributed by atoms with E-state index in [2.05, 4.69) is 5.28 Å². The van der Waals surface area contributed by atoms with E-state index in [1.807, 2.05) is 0 Å². The molecule has 0 aromatic heterocycles. The molecular weight excluding hydrogens is 298 g/mol. The van der Waals surface area contributed by atoms with Crippen molar-refractivity contribution in [2.24, 2.45) is 5.28 Å². The molecule has 10 nitrogen and oxygen atoms in total. The van der Waals surface area contributed by atoms with Crippen LogP contribution >= 0.6 is 0 Å². The molecule has 0 aliphatic carbocycles. The van der Waals surface area contributed by atoms with Crippen molar-refractivity contribution in [3.63, 3.8) is 0 Å². The Morgan fingerprint density at radius 3 is 2.50 bits per heavy atom. The van der Waals surface area contributed by atoms with Gasteiger partial charge in [0.2, 0.25) is 5.28 Å². The Bertz CT molecular complexity index is 406. The molecule has 0 aliphatic heterocycles. The monoisotopic (exact) mass is 321 g/mol. The summed E-state index contributed by atoms with van der Waals surface area (Å²) < 4.78 is 9.63. The summed E-state index contributed by atoms with van der Waals surface area (Å²) in [6, 6.07) is 0. The number of hydrazine groups is 1. The predicted molar refractivity (Wildman–Crippen MR) is 73.4 cm³/mol. The second kappa shape index (κ2) is 8.90. The molecule has 22 heavy (non-hydrogen) atoms. The van der Waals surface area contributed by atoms with Crippen LogP contribution in [0.1, 0.15) is 40.5 Å². The van der Waals surface area contributed by atoms with Gasteiger partial charge < -0.3 is 19.8 Å². The maximum Gasteiger partial charge on any atom is 0.511 e. The Morgan fingerprint density at radius 1 is 1.41 bits per heavy atom. The van der Waals surface area contributed by atoms with Crippen molar-refractivity contribution >= 4 is 12.1 Å². The Hall–Kier alpha value is -2.26. The second-order valence-electron chi connectivity index (χ2n) is 5.47. The molecule has 1 atom stereocenters. The molecule has 1 unspecified atom stereocenters. The molecule has 0 aromatic rings. The largest absolute Gasteiger partial charge is 0.569 e. The van der Waals surface area contributed by atoms with Gasteiger partial charge in [0.05, 0.1) is 18.6 Å². The molecule has 0 rings (SSSR count). The number of aliphatic carboxylic acids is 1. The third kappa shape index (κ3) is 10.5. The maximum atomic E-state index is 11.5. The van der Waals surface area contributed by atoms with E-state index >= 15 is 0 Å². The van der Waals surface area contributed by atoms with Gasteiger partial charge in [-0.25, -0.2) is 4.79 Å². The number of nitrogens with zero attached hydrogens (tertiary/aromatic N) is 3. The number of rotatable bonds is 8. The average Bonchev–Trinajstić information content (AvgIpc) is 2.32. The van der Waals surface area contributed by atoms with Crippen molar-refractivity contribution in [1.29, 1.82) is 0 Å². The van der Waals surface area contributed by atoms with Gasteiger partial charge in [-0.2, -0.15) is 0 Å². The van der Waals surface area contributed by atoms with Crippen LogP contribution < -0.4 is 0 Å². The summed E-state index contributed by atoms with van der Waals surface area (Å²) in [6.45, 7) is 6.58. The van der Waals surface area contributed by atoms with Crippen LogP contribution in [-0.2, 0) is 19.1 Å². The fourth-order valence-corrected chi connectivity index (χ4v) is 1.14. The van der Waals surface area contributed by atoms with E-state index < -0.39 is 24.0 Å². The highest BCUT2D eigenvalue weighted by atomic mass is 16.8. The molecule has 0 bridgehead atoms. The highest BCUT2D eigenvalue weighted by molar-refractivity contribution is 5.66. The van der Waals surface area contributed by atoms with Crippen molar-refractivity contribution in [2.75, 3.05) is 13.6 Å². The third-order valence-electron chi connectivity index (χ3n) is 2.08. The van der Waals surface area contributed by atoms with Gasteiger partial charge in [-0.3, -0.25) is 9.63 Å². The van der Waals surface area contributed by atoms with E-state index in [0.29, 0.717) is 0 Å². The molecule has 0 saturated heterocycles. The second-order valence-corrected chi connectivity index (χ2v) is 5.47. The van der Waals surface area contributed by atoms with Gasteiger partial charge >= 0.3 is 12.1 Å². The lowest BCUT2D eigenvalue weighted by atomic mass is 10.2. The number of hydrogen-bond acceptors (Lipinski definition) is 7. The lowest BCUT2D eigenvalue weighted by Gasteiger charge is -2.20. The zero-order chi connectivity index (χ0) is 17.3. The van der Waals surface area contributed by atoms with Gasteiger partial charge in [0, 0.05) is 13.3 Å². The minimum Gasteiger partial charge on any atom is -0.569 e. The molecule has 0 amide bonds. The smallest absolute Gasteiger partial charge is 0.511 e. The van der Waals surface area contributed by atoms with Crippen LogP contribution in [0.4, 0.5) is 4.79 Å². The van der Waals surface area contributed by atoms with Gasteiger partial charge in [0.25, 0.3) is 6.29 Å². The summed E-state index contributed by atoms with van der Waals surface area (Å²) in [5.41, 5.74) is -0.705. The van der Waals surface area contributed by atoms with E-state index in [0.717, 1.165) is 5.01 Å². The molecule has 0 spiro atoms. The van der Waals surface area contributed by atoms with Crippen molar-refractivity contribution in [3.05, 3.63) is 5.21 Å². The number of carboxylic acid groups (broad SMARTS) is 1. The van der Waals surface area contributed by atoms with Gasteiger partial charge in [-0.15, -0.1) is 5.01 Å². The average molecular weight is 321 g/mol. The molecule has 0 radical (unpaired) electrons. The topological polar surface area (TPSA) is 124 Å². The SMILES string of the molecule is CC(O/N=[N+](\[O-])N(C)CCCC(=O)O)OC(=O)OC(C)(C)C. The highest BCUT2D eigenvalue weighted by Gasteiger charge is 2.20. The van der Waals surface area contributed by atoms with Crippen LogP contribution in [0.5, 0.6) is 0 Å². The van der Waals surface area contributed by atoms with Crippen molar-refractivity contribution in [1.82, 2.24) is 5.01 Å². The minimum atomic E-state index is -1.11. The van der Waals surface area contributed by atoms with Crippen molar-refractivity contribution in [2.45, 2.75) is 52.4 Å². The Balaban J connectivity index is 4.16. The number of carbonyl (C=O) groups is 2. The Morgan fingerprint density at radius 2 is 2.00 bits per heavy atom. The Kier molecular flexibility index (Phi) is 7.99. The molecule has 0 fully saturated rings. The van der Waals surface area contributed by atoms with Gasteiger partial charge in [-0.1, -0.05) is 0 Å². The molecule has 0 heterocycles. The summed E-state index contributed by atoms with van der Waals surface area (Å²) in [6.07, 6.45) is -1.83. The first-order valence-corrected chi connectivity index (χ1v) is 6.68. The minimum absolute atomic E-state index is 0.0583. The number of carboxylic acids is 1. The number of hydrogen-bond donors (Lipinski definition) is 1. The maximum absolute atomic E-state index is 11.5. The summed E-state index contributed by atoms with van der Waals surface area (Å²) in [5.74, 6) is -0.946. The van der Waals surface area contributed by atoms with Crippen LogP contribution in [0.25, 0.3) is 0 Å². The number of carbonyl (C=O) groups excluding carboxylic acids is 1. The lowest BCUT2D eigenvalue weighted by molar-refractivity contribution is -0.707. The lowest BCUT2D eigenvalue weighted by Crippen LogP contribution is -2.29. The Labute approximate surface area is 128 Å². The highest BCUT2D eigenvalue weighted by Crippen LogP contribution is 2.09. The van der Waals surface area contributed by atoms with Crippen molar-refractivity contribution in [3.8, 4) is 0 Å². The normalized spacial score (nSPS) is 13.2. The van der Waals surface area contributed by atoms with E-state index in [1.165, 1.54) is 14.0 Å². The first-order valence-electron chi connectivity index (χ1n) is 6.68. The number of ether oxygens (including phenoxy) is 2. The summed E-state index contributed by atoms with van der Waals surface area (Å²) in [7, 11) is 1.42. The fraction of sp³-hybridized carbons (Fsp3) is 0.833. The third-order valence-corrected chi connectivity index (χ3v) is 2.08. The van der Waals surface area contributed by atoms with Crippen molar-refractivity contribution < 1.29 is 34.0 Å². The molecule has 0 aliphatic rings. The molecule has 0 saturated carbocycles. The van der Waals surface area contributed by atoms with Crippen LogP contribution in [0.2, 0.25) is 0 Å². The van der Waals surface area contributed by atoms with E-state index in [9.17, 15) is 14.8 Å². The predicted octanol–water partition coefficient (Wildman–Crippen LogP) is 1.89. The van der Waals surface area contributed by atoms with Crippen LogP contribution in [0, 0.1) is 5.21 Å². The van der Waals surface area contributed by atoms with E-state index in [4.69, 9.17) is 19.4 Å². The van der Waals surface area contributed by atoms with Gasteiger partial charge in [-0.05, 0) is 27.2 Å². The molecule has 0 aromatic carbocycles. The zero-order valence-corrected chi connectivity index (χ0v) is 13.4. The first-order chi connectivity index (χ1) is 10.0. The molecule has 10 heteroatoms. The molecule has 128 valence electrons. The zero-order valence-electron chi connectivity index (χ0n) is 13.4. The van der Waals surface area contributed by atoms with E-state index in [-0.39, 0.29) is 24.4 Å². The fourth-order valence-electron chi connectivity index (χ4n) is 1.14. The molecule has 1 N–H and O–H groups in total. The summed E-state index contributed by atoms with van der Waals surface area (Å²) in [4.78, 5) is 26.5. The molecular formula is C12H23N3O7. The van der Waals surface area contributed by atoms with Crippen LogP contribution in [0.3, 0.4) is 0 Å². The van der Waals surface area contributed by atoms with Crippen LogP contribution in [0.15, 0.2) is 5.28 Å². The summed E-state index contributed by atoms with van der Waals surface area (Å²) in [5, 5.41) is 24.3. The van der Waals surface area contributed by atoms with Crippen LogP contribution in [-0.4, -0.2) is 52.7 Å². The summed E-state index contributed by atoms with van der Waals surface area (Å²) >= 11 is 0. The van der Waals surface area contributed by atoms with Gasteiger partial charge in [0.1, 0.15) is 5.60 Å².